The molecule has 0 spiro atoms. The molecule has 2 aromatic rings. The van der Waals surface area contributed by atoms with Gasteiger partial charge >= 0.3 is 0 Å². The van der Waals surface area contributed by atoms with Gasteiger partial charge < -0.3 is 9.88 Å². The van der Waals surface area contributed by atoms with Crippen LogP contribution in [0.2, 0.25) is 5.02 Å². The van der Waals surface area contributed by atoms with E-state index in [1.807, 2.05) is 25.2 Å². The molecule has 2 nitrogen and oxygen atoms in total. The van der Waals surface area contributed by atoms with E-state index in [1.165, 1.54) is 17.0 Å². The fraction of sp³-hybridized carbons (Fsp3) is 0.286. The maximum Gasteiger partial charge on any atom is 0.0469 e. The number of nitrogens with zero attached hydrogens (tertiary/aromatic N) is 1. The predicted molar refractivity (Wildman–Crippen MR) is 73.0 cm³/mol. The molecule has 3 heteroatoms. The third-order valence-electron chi connectivity index (χ3n) is 2.97. The van der Waals surface area contributed by atoms with Crippen LogP contribution in [0.15, 0.2) is 30.3 Å². The summed E-state index contributed by atoms with van der Waals surface area (Å²) in [6.07, 6.45) is 0. The van der Waals surface area contributed by atoms with E-state index in [4.69, 9.17) is 11.6 Å². The number of aryl methyl sites for hydroxylation is 1. The summed E-state index contributed by atoms with van der Waals surface area (Å²) in [5.74, 6) is 0. The number of halogens is 1. The van der Waals surface area contributed by atoms with Gasteiger partial charge in [-0.05, 0) is 50.7 Å². The summed E-state index contributed by atoms with van der Waals surface area (Å²) in [7, 11) is 1.96. The van der Waals surface area contributed by atoms with Crippen LogP contribution in [-0.4, -0.2) is 11.6 Å². The van der Waals surface area contributed by atoms with Gasteiger partial charge in [-0.1, -0.05) is 17.7 Å². The minimum Gasteiger partial charge on any atom is -0.318 e. The number of rotatable bonds is 3. The molecule has 0 saturated heterocycles. The molecule has 2 rings (SSSR count). The fourth-order valence-corrected chi connectivity index (χ4v) is 2.40. The second kappa shape index (κ2) is 4.94. The topological polar surface area (TPSA) is 17.0 Å². The van der Waals surface area contributed by atoms with Gasteiger partial charge in [0.2, 0.25) is 0 Å². The Kier molecular flexibility index (Phi) is 3.55. The minimum atomic E-state index is 0.769. The summed E-state index contributed by atoms with van der Waals surface area (Å²) in [5, 5.41) is 3.96. The fourth-order valence-electron chi connectivity index (χ4n) is 2.21. The third kappa shape index (κ3) is 2.38. The quantitative estimate of drug-likeness (QED) is 0.880. The first kappa shape index (κ1) is 12.2. The minimum absolute atomic E-state index is 0.769. The van der Waals surface area contributed by atoms with Gasteiger partial charge in [0.05, 0.1) is 0 Å². The van der Waals surface area contributed by atoms with E-state index in [0.29, 0.717) is 0 Å². The Labute approximate surface area is 107 Å². The van der Waals surface area contributed by atoms with Crippen LogP contribution in [0.5, 0.6) is 0 Å². The lowest BCUT2D eigenvalue weighted by atomic mass is 10.2. The van der Waals surface area contributed by atoms with Crippen molar-refractivity contribution in [2.24, 2.45) is 0 Å². The summed E-state index contributed by atoms with van der Waals surface area (Å²) in [4.78, 5) is 0. The normalized spacial score (nSPS) is 10.8. The maximum absolute atomic E-state index is 6.04. The van der Waals surface area contributed by atoms with Crippen molar-refractivity contribution in [3.05, 3.63) is 52.3 Å². The van der Waals surface area contributed by atoms with Crippen molar-refractivity contribution in [3.63, 3.8) is 0 Å². The van der Waals surface area contributed by atoms with E-state index in [0.717, 1.165) is 17.3 Å². The zero-order valence-electron chi connectivity index (χ0n) is 10.4. The zero-order chi connectivity index (χ0) is 12.4. The number of hydrogen-bond acceptors (Lipinski definition) is 1. The Morgan fingerprint density at radius 2 is 2.00 bits per heavy atom. The third-order valence-corrected chi connectivity index (χ3v) is 3.20. The highest BCUT2D eigenvalue weighted by atomic mass is 35.5. The molecule has 90 valence electrons. The largest absolute Gasteiger partial charge is 0.318 e. The molecule has 0 aliphatic rings. The highest BCUT2D eigenvalue weighted by molar-refractivity contribution is 6.30. The van der Waals surface area contributed by atoms with Crippen LogP contribution in [0.25, 0.3) is 5.69 Å². The van der Waals surface area contributed by atoms with Gasteiger partial charge in [-0.3, -0.25) is 0 Å². The van der Waals surface area contributed by atoms with Crippen LogP contribution in [0.4, 0.5) is 0 Å². The standard InChI is InChI=1S/C14H17ClN2/c1-10-7-12(9-16-3)11(2)17(10)14-6-4-5-13(15)8-14/h4-8,16H,9H2,1-3H3. The number of hydrogen-bond donors (Lipinski definition) is 1. The predicted octanol–water partition coefficient (Wildman–Crippen LogP) is 3.47. The lowest BCUT2D eigenvalue weighted by Gasteiger charge is -2.10. The molecule has 0 aliphatic carbocycles. The molecular formula is C14H17ClN2. The molecule has 0 unspecified atom stereocenters. The maximum atomic E-state index is 6.04. The molecule has 17 heavy (non-hydrogen) atoms. The highest BCUT2D eigenvalue weighted by Crippen LogP contribution is 2.22. The second-order valence-electron chi connectivity index (χ2n) is 4.24. The molecule has 0 radical (unpaired) electrons. The van der Waals surface area contributed by atoms with Gasteiger partial charge in [0.25, 0.3) is 0 Å². The Balaban J connectivity index is 2.52. The van der Waals surface area contributed by atoms with Gasteiger partial charge in [0.15, 0.2) is 0 Å². The molecule has 0 bridgehead atoms. The average Bonchev–Trinajstić information content (AvgIpc) is 2.55. The van der Waals surface area contributed by atoms with Gasteiger partial charge in [-0.25, -0.2) is 0 Å². The highest BCUT2D eigenvalue weighted by Gasteiger charge is 2.09. The summed E-state index contributed by atoms with van der Waals surface area (Å²) >= 11 is 6.04. The first-order chi connectivity index (χ1) is 8.13. The lowest BCUT2D eigenvalue weighted by molar-refractivity contribution is 0.807. The molecule has 1 heterocycles. The van der Waals surface area contributed by atoms with Crippen molar-refractivity contribution in [2.75, 3.05) is 7.05 Å². The van der Waals surface area contributed by atoms with Crippen molar-refractivity contribution in [1.29, 1.82) is 0 Å². The van der Waals surface area contributed by atoms with Crippen molar-refractivity contribution < 1.29 is 0 Å². The summed E-state index contributed by atoms with van der Waals surface area (Å²) in [6, 6.07) is 10.2. The second-order valence-corrected chi connectivity index (χ2v) is 4.68. The smallest absolute Gasteiger partial charge is 0.0469 e. The van der Waals surface area contributed by atoms with E-state index < -0.39 is 0 Å². The van der Waals surface area contributed by atoms with Crippen LogP contribution in [-0.2, 0) is 6.54 Å². The molecule has 1 N–H and O–H groups in total. The number of aromatic nitrogens is 1. The molecular weight excluding hydrogens is 232 g/mol. The van der Waals surface area contributed by atoms with Crippen LogP contribution in [0.1, 0.15) is 17.0 Å². The molecule has 1 aromatic heterocycles. The Hall–Kier alpha value is -1.25. The first-order valence-electron chi connectivity index (χ1n) is 5.72. The van der Waals surface area contributed by atoms with E-state index in [9.17, 15) is 0 Å². The van der Waals surface area contributed by atoms with Crippen LogP contribution in [0, 0.1) is 13.8 Å². The SMILES string of the molecule is CNCc1cc(C)n(-c2cccc(Cl)c2)c1C. The van der Waals surface area contributed by atoms with Crippen molar-refractivity contribution >= 4 is 11.6 Å². The van der Waals surface area contributed by atoms with Gasteiger partial charge in [-0.15, -0.1) is 0 Å². The first-order valence-corrected chi connectivity index (χ1v) is 6.09. The summed E-state index contributed by atoms with van der Waals surface area (Å²) in [5.41, 5.74) is 4.94. The van der Waals surface area contributed by atoms with Crippen molar-refractivity contribution in [2.45, 2.75) is 20.4 Å². The number of nitrogens with one attached hydrogen (secondary N) is 1. The molecule has 0 aliphatic heterocycles. The van der Waals surface area contributed by atoms with E-state index in [2.05, 4.69) is 35.9 Å². The van der Waals surface area contributed by atoms with E-state index in [-0.39, 0.29) is 0 Å². The van der Waals surface area contributed by atoms with Crippen LogP contribution in [0.3, 0.4) is 0 Å². The molecule has 0 amide bonds. The van der Waals surface area contributed by atoms with Crippen LogP contribution >= 0.6 is 11.6 Å². The van der Waals surface area contributed by atoms with Crippen molar-refractivity contribution in [1.82, 2.24) is 9.88 Å². The number of benzene rings is 1. The lowest BCUT2D eigenvalue weighted by Crippen LogP contribution is -2.06. The Morgan fingerprint density at radius 3 is 2.65 bits per heavy atom. The van der Waals surface area contributed by atoms with Gasteiger partial charge in [-0.2, -0.15) is 0 Å². The monoisotopic (exact) mass is 248 g/mol. The van der Waals surface area contributed by atoms with E-state index >= 15 is 0 Å². The van der Waals surface area contributed by atoms with Gasteiger partial charge in [0, 0.05) is 28.6 Å². The average molecular weight is 249 g/mol. The molecule has 0 fully saturated rings. The summed E-state index contributed by atoms with van der Waals surface area (Å²) < 4.78 is 2.23. The molecule has 1 aromatic carbocycles. The van der Waals surface area contributed by atoms with Crippen molar-refractivity contribution in [3.8, 4) is 5.69 Å². The van der Waals surface area contributed by atoms with E-state index in [1.54, 1.807) is 0 Å². The molecule has 0 atom stereocenters. The zero-order valence-corrected chi connectivity index (χ0v) is 11.2. The van der Waals surface area contributed by atoms with Gasteiger partial charge in [0.1, 0.15) is 0 Å². The summed E-state index contributed by atoms with van der Waals surface area (Å²) in [6.45, 7) is 5.15. The Morgan fingerprint density at radius 1 is 1.24 bits per heavy atom. The van der Waals surface area contributed by atoms with Crippen LogP contribution < -0.4 is 5.32 Å². The molecule has 0 saturated carbocycles. The Bertz CT molecular complexity index is 529.